The van der Waals surface area contributed by atoms with Gasteiger partial charge in [-0.2, -0.15) is 0 Å². The summed E-state index contributed by atoms with van der Waals surface area (Å²) in [6.45, 7) is -3.11. The molecular weight excluding hydrogens is 647 g/mol. The topological polar surface area (TPSA) is 295 Å². The highest BCUT2D eigenvalue weighted by Gasteiger charge is 2.74. The van der Waals surface area contributed by atoms with Crippen molar-refractivity contribution >= 4 is 43.3 Å². The van der Waals surface area contributed by atoms with Crippen LogP contribution in [0.25, 0.3) is 11.2 Å². The molecule has 43 heavy (non-hydrogen) atoms. The first kappa shape index (κ1) is 32.8. The third-order valence-electron chi connectivity index (χ3n) is 7.54. The molecule has 19 nitrogen and oxygen atoms in total. The quantitative estimate of drug-likeness (QED) is 0.0864. The molecule has 4 heterocycles. The zero-order valence-corrected chi connectivity index (χ0v) is 24.2. The van der Waals surface area contributed by atoms with E-state index in [0.29, 0.717) is 0 Å². The molecule has 23 heteroatoms. The van der Waals surface area contributed by atoms with Crippen LogP contribution in [0.15, 0.2) is 25.3 Å². The number of rotatable bonds is 11. The third kappa shape index (κ3) is 5.46. The molecule has 2 aromatic heterocycles. The van der Waals surface area contributed by atoms with Gasteiger partial charge in [0.1, 0.15) is 30.2 Å². The number of anilines is 1. The second-order valence-electron chi connectivity index (χ2n) is 10.0. The Morgan fingerprint density at radius 1 is 1.26 bits per heavy atom. The van der Waals surface area contributed by atoms with E-state index in [1.165, 1.54) is 10.9 Å². The summed E-state index contributed by atoms with van der Waals surface area (Å²) in [7, 11) is -5.41. The Hall–Kier alpha value is -1.62. The van der Waals surface area contributed by atoms with Crippen molar-refractivity contribution in [2.45, 2.75) is 54.5 Å². The Morgan fingerprint density at radius 3 is 2.60 bits per heavy atom. The Bertz CT molecular complexity index is 1490. The van der Waals surface area contributed by atoms with Crippen molar-refractivity contribution in [3.05, 3.63) is 25.3 Å². The Kier molecular flexibility index (Phi) is 8.62. The third-order valence-corrected chi connectivity index (χ3v) is 11.1. The normalized spacial score (nSPS) is 40.9. The van der Waals surface area contributed by atoms with E-state index >= 15 is 0 Å². The Labute approximate surface area is 245 Å². The number of nitrogen functional groups attached to an aromatic ring is 1. The number of phosphoric ester groups is 1. The number of ether oxygens (including phenoxy) is 2. The van der Waals surface area contributed by atoms with Crippen LogP contribution in [0, 0.1) is 11.8 Å². The van der Waals surface area contributed by atoms with Crippen LogP contribution in [0.4, 0.5) is 10.2 Å². The second-order valence-corrected chi connectivity index (χ2v) is 14.4. The molecule has 13 atom stereocenters. The molecule has 240 valence electrons. The summed E-state index contributed by atoms with van der Waals surface area (Å²) < 4.78 is 53.0. The first-order valence-corrected chi connectivity index (χ1v) is 16.4. The summed E-state index contributed by atoms with van der Waals surface area (Å²) in [6, 6.07) is 0. The van der Waals surface area contributed by atoms with Crippen LogP contribution in [-0.4, -0.2) is 121 Å². The largest absolute Gasteiger partial charge is 0.481 e. The van der Waals surface area contributed by atoms with Gasteiger partial charge in [0, 0.05) is 0 Å². The van der Waals surface area contributed by atoms with E-state index in [2.05, 4.69) is 25.8 Å². The molecule has 3 fully saturated rings. The van der Waals surface area contributed by atoms with Gasteiger partial charge in [-0.1, -0.05) is 12.7 Å². The molecule has 8 unspecified atom stereocenters. The first-order chi connectivity index (χ1) is 20.0. The zero-order valence-electron chi connectivity index (χ0n) is 21.6. The number of phosphoric acid groups is 1. The fraction of sp³-hybridized carbons (Fsp3) is 0.650. The van der Waals surface area contributed by atoms with Crippen LogP contribution in [-0.2, 0) is 39.2 Å². The highest BCUT2D eigenvalue weighted by molar-refractivity contribution is 8.08. The lowest BCUT2D eigenvalue weighted by atomic mass is 9.87. The molecule has 3 aliphatic rings. The van der Waals surface area contributed by atoms with Gasteiger partial charge in [-0.15, -0.1) is 0 Å². The van der Waals surface area contributed by atoms with Crippen molar-refractivity contribution < 1.29 is 72.2 Å². The molecule has 2 aromatic rings. The number of imidazole rings is 1. The van der Waals surface area contributed by atoms with Crippen molar-refractivity contribution in [3.63, 3.8) is 0 Å². The number of nitrogens with zero attached hydrogens (tertiary/aromatic N) is 4. The molecule has 1 aliphatic carbocycles. The molecule has 10 N–H and O–H groups in total. The molecule has 0 radical (unpaired) electrons. The smallest absolute Gasteiger partial charge is 0.393 e. The van der Waals surface area contributed by atoms with Gasteiger partial charge in [0.25, 0.3) is 0 Å². The zero-order chi connectivity index (χ0) is 31.7. The number of aromatic nitrogens is 4. The number of fused-ring (bicyclic) bond motifs is 2. The monoisotopic (exact) mass is 675 g/mol. The summed E-state index contributed by atoms with van der Waals surface area (Å²) in [4.78, 5) is 32.5. The summed E-state index contributed by atoms with van der Waals surface area (Å²) in [5, 5.41) is 61.9. The number of nitrogens with two attached hydrogens (primary N) is 1. The van der Waals surface area contributed by atoms with E-state index in [0.717, 1.165) is 12.4 Å². The summed E-state index contributed by atoms with van der Waals surface area (Å²) in [5.74, 6) is -6.00. The SMILES string of the molecule is C=C[C@@]1(O)[C@H](O)[C@@H](COP(O)(=S)OP(=O)(O)OC2OC3(O)C2C(O)C(O)C3[C@@H](F)CO)O[C@H]1n1cnc2c(N)ncnc21. The maximum atomic E-state index is 14.1. The van der Waals surface area contributed by atoms with Crippen LogP contribution < -0.4 is 5.73 Å². The number of aliphatic hydroxyl groups is 6. The lowest BCUT2D eigenvalue weighted by molar-refractivity contribution is -0.426. The average Bonchev–Trinajstić information content (AvgIpc) is 3.50. The lowest BCUT2D eigenvalue weighted by Gasteiger charge is -2.49. The van der Waals surface area contributed by atoms with Crippen molar-refractivity contribution in [1.82, 2.24) is 19.5 Å². The van der Waals surface area contributed by atoms with E-state index in [1.807, 2.05) is 0 Å². The van der Waals surface area contributed by atoms with Crippen LogP contribution in [0.1, 0.15) is 6.23 Å². The van der Waals surface area contributed by atoms with E-state index in [4.69, 9.17) is 41.2 Å². The molecule has 0 spiro atoms. The maximum absolute atomic E-state index is 14.1. The van der Waals surface area contributed by atoms with Crippen LogP contribution in [0.2, 0.25) is 0 Å². The van der Waals surface area contributed by atoms with Gasteiger partial charge >= 0.3 is 14.5 Å². The summed E-state index contributed by atoms with van der Waals surface area (Å²) in [6.07, 6.45) is -9.27. The number of alkyl halides is 1. The van der Waals surface area contributed by atoms with Crippen molar-refractivity contribution in [1.29, 1.82) is 0 Å². The van der Waals surface area contributed by atoms with Gasteiger partial charge in [-0.25, -0.2) is 28.2 Å². The molecule has 2 saturated heterocycles. The van der Waals surface area contributed by atoms with Gasteiger partial charge in [0.15, 0.2) is 35.4 Å². The molecule has 1 saturated carbocycles. The van der Waals surface area contributed by atoms with Crippen LogP contribution in [0.5, 0.6) is 0 Å². The molecular formula is C20H28FN5O14P2S. The maximum Gasteiger partial charge on any atom is 0.481 e. The Balaban J connectivity index is 1.24. The fourth-order valence-electron chi connectivity index (χ4n) is 5.46. The first-order valence-electron chi connectivity index (χ1n) is 12.3. The predicted octanol–water partition coefficient (Wildman–Crippen LogP) is -2.71. The van der Waals surface area contributed by atoms with Crippen molar-refractivity contribution in [2.24, 2.45) is 11.8 Å². The average molecular weight is 675 g/mol. The predicted molar refractivity (Wildman–Crippen MR) is 140 cm³/mol. The van der Waals surface area contributed by atoms with E-state index in [-0.39, 0.29) is 17.0 Å². The molecule has 2 aliphatic heterocycles. The number of aliphatic hydroxyl groups excluding tert-OH is 4. The summed E-state index contributed by atoms with van der Waals surface area (Å²) in [5.41, 5.74) is 3.92. The van der Waals surface area contributed by atoms with Crippen LogP contribution in [0.3, 0.4) is 0 Å². The lowest BCUT2D eigenvalue weighted by Crippen LogP contribution is -2.64. The van der Waals surface area contributed by atoms with Gasteiger partial charge in [-0.05, 0) is 11.8 Å². The standard InChI is InChI=1S/C20H28FN5O14P2S/c1-2-19(31)14(30)8(37-18(19)26-6-25-11-15(22)23-5-24-16(11)26)4-36-42(35,43)40-41(33,34)39-17-10-13(29)12(28)9(7(21)3-27)20(10,32)38-17/h2,5-10,12-14,17-18,27-32H,1,3-4H2,(H,33,34)(H,35,43)(H2,22,23,24)/t7-,8+,9?,10?,12?,13?,14+,17?,18+,19+,20?,42?/m0/s1. The second kappa shape index (κ2) is 11.3. The Morgan fingerprint density at radius 2 is 1.95 bits per heavy atom. The van der Waals surface area contributed by atoms with Gasteiger partial charge < -0.3 is 60.2 Å². The van der Waals surface area contributed by atoms with Gasteiger partial charge in [0.05, 0.1) is 43.6 Å². The van der Waals surface area contributed by atoms with Crippen LogP contribution >= 0.6 is 14.5 Å². The minimum Gasteiger partial charge on any atom is -0.393 e. The van der Waals surface area contributed by atoms with Crippen molar-refractivity contribution in [3.8, 4) is 0 Å². The summed E-state index contributed by atoms with van der Waals surface area (Å²) >= 11 is 4.76. The van der Waals surface area contributed by atoms with Gasteiger partial charge in [-0.3, -0.25) is 9.09 Å². The number of hydrogen-bond donors (Lipinski definition) is 9. The van der Waals surface area contributed by atoms with Crippen molar-refractivity contribution in [2.75, 3.05) is 18.9 Å². The molecule has 0 bridgehead atoms. The minimum atomic E-state index is -5.41. The highest BCUT2D eigenvalue weighted by Crippen LogP contribution is 2.65. The highest BCUT2D eigenvalue weighted by atomic mass is 32.5. The van der Waals surface area contributed by atoms with E-state index in [9.17, 15) is 44.3 Å². The van der Waals surface area contributed by atoms with Gasteiger partial charge in [0.2, 0.25) is 0 Å². The minimum absolute atomic E-state index is 0.0327. The molecule has 0 amide bonds. The molecule has 0 aromatic carbocycles. The fourth-order valence-corrected chi connectivity index (χ4v) is 8.56. The number of hydrogen-bond acceptors (Lipinski definition) is 17. The van der Waals surface area contributed by atoms with E-state index in [1.54, 1.807) is 0 Å². The van der Waals surface area contributed by atoms with E-state index < -0.39 is 94.1 Å². The molecule has 5 rings (SSSR count). The number of halogens is 1.